The minimum atomic E-state index is -0.978. The Hall–Kier alpha value is -3.50. The number of halogens is 2. The molecule has 3 aliphatic heterocycles. The number of hydrogen-bond donors (Lipinski definition) is 1. The molecular weight excluding hydrogens is 569 g/mol. The van der Waals surface area contributed by atoms with Gasteiger partial charge >= 0.3 is 5.97 Å². The van der Waals surface area contributed by atoms with Crippen LogP contribution < -0.4 is 14.5 Å². The number of carboxylic acid groups (broad SMARTS) is 1. The maximum Gasteiger partial charge on any atom is 0.337 e. The average Bonchev–Trinajstić information content (AvgIpc) is 3.00. The second-order valence-corrected chi connectivity index (χ2v) is 10.9. The number of rotatable bonds is 5. The number of ether oxygens (including phenoxy) is 3. The summed E-state index contributed by atoms with van der Waals surface area (Å²) in [6, 6.07) is 14.6. The molecule has 3 aromatic rings. The molecule has 0 radical (unpaired) electrons. The smallest absolute Gasteiger partial charge is 0.337 e. The van der Waals surface area contributed by atoms with Crippen LogP contribution in [-0.2, 0) is 16.0 Å². The molecule has 0 aromatic heterocycles. The number of fused-ring (bicyclic) bond motifs is 1. The number of carbonyl (C=O) groups excluding carboxylic acids is 1. The molecule has 0 bridgehead atoms. The van der Waals surface area contributed by atoms with Crippen molar-refractivity contribution in [2.75, 3.05) is 69.1 Å². The van der Waals surface area contributed by atoms with Gasteiger partial charge in [-0.05, 0) is 29.8 Å². The lowest BCUT2D eigenvalue weighted by Crippen LogP contribution is -2.38. The van der Waals surface area contributed by atoms with Crippen LogP contribution in [0.1, 0.15) is 26.3 Å². The highest BCUT2D eigenvalue weighted by Crippen LogP contribution is 2.40. The second kappa shape index (κ2) is 11.8. The van der Waals surface area contributed by atoms with Crippen LogP contribution in [0.3, 0.4) is 0 Å². The maximum atomic E-state index is 13.6. The zero-order valence-electron chi connectivity index (χ0n) is 22.3. The summed E-state index contributed by atoms with van der Waals surface area (Å²) in [7, 11) is 0. The van der Waals surface area contributed by atoms with Gasteiger partial charge in [0.2, 0.25) is 0 Å². The van der Waals surface area contributed by atoms with E-state index < -0.39 is 5.97 Å². The number of hydrogen-bond acceptors (Lipinski definition) is 7. The highest BCUT2D eigenvalue weighted by molar-refractivity contribution is 6.40. The molecule has 0 atom stereocenters. The van der Waals surface area contributed by atoms with E-state index in [9.17, 15) is 14.7 Å². The molecule has 214 valence electrons. The van der Waals surface area contributed by atoms with Crippen LogP contribution in [0.2, 0.25) is 10.0 Å². The third-order valence-corrected chi connectivity index (χ3v) is 8.21. The zero-order chi connectivity index (χ0) is 28.5. The van der Waals surface area contributed by atoms with E-state index in [-0.39, 0.29) is 33.8 Å². The number of benzene rings is 3. The van der Waals surface area contributed by atoms with Gasteiger partial charge in [0.05, 0.1) is 59.8 Å². The predicted octanol–water partition coefficient (Wildman–Crippen LogP) is 5.02. The Morgan fingerprint density at radius 2 is 1.49 bits per heavy atom. The van der Waals surface area contributed by atoms with Crippen LogP contribution in [-0.4, -0.2) is 81.2 Å². The highest BCUT2D eigenvalue weighted by Gasteiger charge is 2.29. The monoisotopic (exact) mass is 597 g/mol. The highest BCUT2D eigenvalue weighted by atomic mass is 35.5. The summed E-state index contributed by atoms with van der Waals surface area (Å²) < 4.78 is 17.1. The molecule has 3 aliphatic rings. The van der Waals surface area contributed by atoms with Crippen LogP contribution in [0.25, 0.3) is 11.1 Å². The van der Waals surface area contributed by atoms with Gasteiger partial charge in [0.15, 0.2) is 6.73 Å². The predicted molar refractivity (Wildman–Crippen MR) is 157 cm³/mol. The Balaban J connectivity index is 1.26. The van der Waals surface area contributed by atoms with Crippen LogP contribution in [0.5, 0.6) is 5.75 Å². The number of para-hydroxylation sites is 1. The topological polar surface area (TPSA) is 91.8 Å². The fourth-order valence-corrected chi connectivity index (χ4v) is 6.14. The summed E-state index contributed by atoms with van der Waals surface area (Å²) in [5.41, 5.74) is 4.47. The van der Waals surface area contributed by atoms with Gasteiger partial charge in [-0.3, -0.25) is 4.79 Å². The van der Waals surface area contributed by atoms with Gasteiger partial charge in [-0.1, -0.05) is 47.5 Å². The van der Waals surface area contributed by atoms with E-state index in [0.717, 1.165) is 35.5 Å². The first-order valence-corrected chi connectivity index (χ1v) is 14.2. The summed E-state index contributed by atoms with van der Waals surface area (Å²) in [6.45, 7) is 5.35. The molecule has 0 saturated carbocycles. The van der Waals surface area contributed by atoms with Crippen molar-refractivity contribution in [3.8, 4) is 16.9 Å². The van der Waals surface area contributed by atoms with E-state index in [2.05, 4.69) is 4.90 Å². The minimum Gasteiger partial charge on any atom is -0.478 e. The normalized spacial score (nSPS) is 17.2. The Kier molecular flexibility index (Phi) is 7.94. The van der Waals surface area contributed by atoms with Crippen molar-refractivity contribution in [1.82, 2.24) is 4.90 Å². The fourth-order valence-electron chi connectivity index (χ4n) is 5.50. The van der Waals surface area contributed by atoms with Crippen molar-refractivity contribution in [3.63, 3.8) is 0 Å². The van der Waals surface area contributed by atoms with Crippen molar-refractivity contribution in [3.05, 3.63) is 75.3 Å². The van der Waals surface area contributed by atoms with E-state index in [0.29, 0.717) is 57.5 Å². The van der Waals surface area contributed by atoms with Crippen molar-refractivity contribution < 1.29 is 28.9 Å². The van der Waals surface area contributed by atoms with Crippen LogP contribution >= 0.6 is 23.2 Å². The Morgan fingerprint density at radius 1 is 0.829 bits per heavy atom. The van der Waals surface area contributed by atoms with Gasteiger partial charge in [0.25, 0.3) is 5.91 Å². The molecule has 6 rings (SSSR count). The number of carbonyl (C=O) groups is 2. The number of nitrogens with zero attached hydrogens (tertiary/aromatic N) is 3. The van der Waals surface area contributed by atoms with Crippen molar-refractivity contribution in [2.24, 2.45) is 0 Å². The lowest BCUT2D eigenvalue weighted by Gasteiger charge is -2.32. The maximum absolute atomic E-state index is 13.6. The molecule has 3 heterocycles. The van der Waals surface area contributed by atoms with Crippen molar-refractivity contribution in [2.45, 2.75) is 6.54 Å². The lowest BCUT2D eigenvalue weighted by atomic mass is 9.97. The third kappa shape index (κ3) is 5.55. The SMILES string of the molecule is O=C(O)c1ccc(-c2cccc3c2OCN(C(=O)c2c(Cl)cc(N4CCOCC4)cc2Cl)C3)cc1N1CCOCC1. The molecule has 11 heteroatoms. The van der Waals surface area contributed by atoms with Crippen LogP contribution in [0, 0.1) is 0 Å². The Bertz CT molecular complexity index is 1460. The van der Waals surface area contributed by atoms with Gasteiger partial charge in [-0.15, -0.1) is 0 Å². The van der Waals surface area contributed by atoms with Crippen LogP contribution in [0.4, 0.5) is 11.4 Å². The number of morpholine rings is 2. The molecule has 3 aromatic carbocycles. The molecule has 2 fully saturated rings. The molecule has 0 unspecified atom stereocenters. The first kappa shape index (κ1) is 27.7. The summed E-state index contributed by atoms with van der Waals surface area (Å²) in [5, 5.41) is 10.4. The van der Waals surface area contributed by atoms with E-state index in [1.165, 1.54) is 0 Å². The second-order valence-electron chi connectivity index (χ2n) is 10.1. The quantitative estimate of drug-likeness (QED) is 0.438. The molecule has 1 N–H and O–H groups in total. The fraction of sp³-hybridized carbons (Fsp3) is 0.333. The number of amides is 1. The van der Waals surface area contributed by atoms with Gasteiger partial charge < -0.3 is 34.0 Å². The first-order valence-electron chi connectivity index (χ1n) is 13.5. The van der Waals surface area contributed by atoms with Gasteiger partial charge in [-0.25, -0.2) is 4.79 Å². The standard InChI is InChI=1S/C30H29Cl2N3O6/c31-24-15-21(33-6-10-39-11-7-33)16-25(32)27(24)29(36)35-17-20-2-1-3-22(28(20)41-18-35)19-4-5-23(30(37)38)26(14-19)34-8-12-40-13-9-34/h1-5,14-16H,6-13,17-18H2,(H,37,38). The molecule has 1 amide bonds. The van der Waals surface area contributed by atoms with E-state index in [1.807, 2.05) is 29.2 Å². The molecule has 0 spiro atoms. The molecule has 2 saturated heterocycles. The van der Waals surface area contributed by atoms with Gasteiger partial charge in [-0.2, -0.15) is 0 Å². The van der Waals surface area contributed by atoms with Crippen molar-refractivity contribution in [1.29, 1.82) is 0 Å². The molecule has 41 heavy (non-hydrogen) atoms. The molecular formula is C30H29Cl2N3O6. The Labute approximate surface area is 247 Å². The number of anilines is 2. The van der Waals surface area contributed by atoms with Crippen molar-refractivity contribution >= 4 is 46.5 Å². The van der Waals surface area contributed by atoms with E-state index >= 15 is 0 Å². The van der Waals surface area contributed by atoms with Crippen LogP contribution in [0.15, 0.2) is 48.5 Å². The summed E-state index contributed by atoms with van der Waals surface area (Å²) in [6.07, 6.45) is 0. The minimum absolute atomic E-state index is 0.0181. The third-order valence-electron chi connectivity index (χ3n) is 7.62. The Morgan fingerprint density at radius 3 is 2.15 bits per heavy atom. The number of carboxylic acids is 1. The summed E-state index contributed by atoms with van der Waals surface area (Å²) in [4.78, 5) is 31.3. The average molecular weight is 598 g/mol. The van der Waals surface area contributed by atoms with Gasteiger partial charge in [0, 0.05) is 43.0 Å². The van der Waals surface area contributed by atoms with E-state index in [4.69, 9.17) is 37.4 Å². The summed E-state index contributed by atoms with van der Waals surface area (Å²) >= 11 is 13.2. The van der Waals surface area contributed by atoms with Gasteiger partial charge in [0.1, 0.15) is 5.75 Å². The lowest BCUT2D eigenvalue weighted by molar-refractivity contribution is 0.0516. The molecule has 9 nitrogen and oxygen atoms in total. The largest absolute Gasteiger partial charge is 0.478 e. The zero-order valence-corrected chi connectivity index (χ0v) is 23.8. The van der Waals surface area contributed by atoms with E-state index in [1.54, 1.807) is 29.2 Å². The molecule has 0 aliphatic carbocycles. The summed E-state index contributed by atoms with van der Waals surface area (Å²) in [5.74, 6) is -0.633. The first-order chi connectivity index (χ1) is 19.9. The number of aromatic carboxylic acids is 1.